The number of non-ortho nitro benzene ring substituents is 1. The minimum absolute atomic E-state index is 0.0620. The second-order valence-electron chi connectivity index (χ2n) is 3.14. The van der Waals surface area contributed by atoms with Crippen molar-refractivity contribution in [3.8, 4) is 0 Å². The maximum Gasteiger partial charge on any atom is 0.269 e. The van der Waals surface area contributed by atoms with Crippen LogP contribution in [0, 0.1) is 10.1 Å². The van der Waals surface area contributed by atoms with Crippen LogP contribution in [-0.2, 0) is 11.3 Å². The van der Waals surface area contributed by atoms with Crippen LogP contribution in [0.5, 0.6) is 0 Å². The number of anilines is 1. The van der Waals surface area contributed by atoms with Gasteiger partial charge in [0, 0.05) is 23.4 Å². The van der Waals surface area contributed by atoms with E-state index < -0.39 is 4.92 Å². The first kappa shape index (κ1) is 10.0. The quantitative estimate of drug-likeness (QED) is 0.448. The molecule has 0 radical (unpaired) electrons. The minimum atomic E-state index is -0.427. The van der Waals surface area contributed by atoms with E-state index in [2.05, 4.69) is 5.32 Å². The van der Waals surface area contributed by atoms with Gasteiger partial charge in [0.2, 0.25) is 0 Å². The average molecular weight is 224 g/mol. The lowest BCUT2D eigenvalue weighted by molar-refractivity contribution is -0.384. The number of nitro benzene ring substituents is 1. The average Bonchev–Trinajstić information content (AvgIpc) is 2.37. The molecule has 0 atom stereocenters. The summed E-state index contributed by atoms with van der Waals surface area (Å²) in [4.78, 5) is 10.7. The zero-order valence-corrected chi connectivity index (χ0v) is 8.54. The zero-order chi connectivity index (χ0) is 10.8. The van der Waals surface area contributed by atoms with E-state index in [0.29, 0.717) is 18.2 Å². The van der Waals surface area contributed by atoms with Crippen LogP contribution in [0.15, 0.2) is 18.2 Å². The predicted molar refractivity (Wildman–Crippen MR) is 59.0 cm³/mol. The first-order valence-corrected chi connectivity index (χ1v) is 4.72. The molecule has 0 saturated heterocycles. The van der Waals surface area contributed by atoms with Crippen molar-refractivity contribution in [3.63, 3.8) is 0 Å². The molecule has 1 aromatic rings. The summed E-state index contributed by atoms with van der Waals surface area (Å²) in [6.45, 7) is 0.683. The lowest BCUT2D eigenvalue weighted by Crippen LogP contribution is -2.12. The van der Waals surface area contributed by atoms with Crippen LogP contribution < -0.4 is 5.32 Å². The summed E-state index contributed by atoms with van der Waals surface area (Å²) in [6.07, 6.45) is 0. The van der Waals surface area contributed by atoms with E-state index in [1.54, 1.807) is 6.07 Å². The van der Waals surface area contributed by atoms with Crippen LogP contribution in [0.2, 0.25) is 0 Å². The first-order chi connectivity index (χ1) is 7.16. The molecule has 2 rings (SSSR count). The summed E-state index contributed by atoms with van der Waals surface area (Å²) < 4.78 is 5.24. The van der Waals surface area contributed by atoms with E-state index in [-0.39, 0.29) is 5.69 Å². The van der Waals surface area contributed by atoms with Gasteiger partial charge in [-0.25, -0.2) is 0 Å². The topological polar surface area (TPSA) is 64.4 Å². The number of nitrogens with zero attached hydrogens (tertiary/aromatic N) is 1. The molecule has 6 heteroatoms. The molecule has 0 saturated carbocycles. The molecule has 15 heavy (non-hydrogen) atoms. The van der Waals surface area contributed by atoms with Gasteiger partial charge in [0.1, 0.15) is 4.99 Å². The first-order valence-electron chi connectivity index (χ1n) is 4.32. The fourth-order valence-electron chi connectivity index (χ4n) is 1.38. The second-order valence-corrected chi connectivity index (χ2v) is 3.63. The Labute approximate surface area is 91.2 Å². The van der Waals surface area contributed by atoms with E-state index >= 15 is 0 Å². The summed E-state index contributed by atoms with van der Waals surface area (Å²) in [5, 5.41) is 13.5. The van der Waals surface area contributed by atoms with Crippen LogP contribution in [0.3, 0.4) is 0 Å². The van der Waals surface area contributed by atoms with Gasteiger partial charge in [-0.2, -0.15) is 0 Å². The van der Waals surface area contributed by atoms with Crippen LogP contribution >= 0.6 is 12.2 Å². The Balaban J connectivity index is 2.40. The molecule has 78 valence electrons. The van der Waals surface area contributed by atoms with E-state index in [9.17, 15) is 10.1 Å². The molecule has 0 bridgehead atoms. The van der Waals surface area contributed by atoms with Crippen LogP contribution in [0.4, 0.5) is 11.4 Å². The monoisotopic (exact) mass is 224 g/mol. The van der Waals surface area contributed by atoms with Gasteiger partial charge in [-0.05, 0) is 6.07 Å². The van der Waals surface area contributed by atoms with Gasteiger partial charge in [0.15, 0.2) is 0 Å². The highest BCUT2D eigenvalue weighted by Gasteiger charge is 2.14. The molecule has 1 aromatic carbocycles. The van der Waals surface area contributed by atoms with Gasteiger partial charge in [-0.15, -0.1) is 0 Å². The summed E-state index contributed by atoms with van der Waals surface area (Å²) >= 11 is 4.98. The van der Waals surface area contributed by atoms with Crippen molar-refractivity contribution in [2.24, 2.45) is 0 Å². The molecule has 0 fully saturated rings. The highest BCUT2D eigenvalue weighted by Crippen LogP contribution is 2.24. The highest BCUT2D eigenvalue weighted by molar-refractivity contribution is 7.80. The highest BCUT2D eigenvalue weighted by atomic mass is 32.1. The van der Waals surface area contributed by atoms with E-state index in [4.69, 9.17) is 17.0 Å². The molecule has 0 unspecified atom stereocenters. The van der Waals surface area contributed by atoms with Gasteiger partial charge in [0.05, 0.1) is 18.1 Å². The Morgan fingerprint density at radius 1 is 1.47 bits per heavy atom. The lowest BCUT2D eigenvalue weighted by atomic mass is 10.1. The molecular weight excluding hydrogens is 216 g/mol. The maximum absolute atomic E-state index is 10.6. The number of ether oxygens (including phenoxy) is 1. The summed E-state index contributed by atoms with van der Waals surface area (Å²) in [5.74, 6) is 0. The molecular formula is C9H8N2O3S. The van der Waals surface area contributed by atoms with Crippen molar-refractivity contribution in [2.45, 2.75) is 6.61 Å². The summed E-state index contributed by atoms with van der Waals surface area (Å²) in [5.41, 5.74) is 1.60. The summed E-state index contributed by atoms with van der Waals surface area (Å²) in [7, 11) is 0. The second kappa shape index (κ2) is 3.92. The number of rotatable bonds is 1. The van der Waals surface area contributed by atoms with E-state index in [0.717, 1.165) is 11.3 Å². The molecule has 0 aromatic heterocycles. The Hall–Kier alpha value is -1.53. The van der Waals surface area contributed by atoms with Crippen molar-refractivity contribution in [1.29, 1.82) is 0 Å². The maximum atomic E-state index is 10.6. The van der Waals surface area contributed by atoms with Gasteiger partial charge >= 0.3 is 0 Å². The molecule has 1 N–H and O–H groups in total. The largest absolute Gasteiger partial charge is 0.370 e. The number of thiocarbonyl (C=S) groups is 1. The molecule has 1 aliphatic rings. The Bertz CT molecular complexity index is 433. The molecule has 0 aliphatic carbocycles. The van der Waals surface area contributed by atoms with Crippen molar-refractivity contribution < 1.29 is 9.66 Å². The predicted octanol–water partition coefficient (Wildman–Crippen LogP) is 1.86. The Morgan fingerprint density at radius 3 is 3.00 bits per heavy atom. The van der Waals surface area contributed by atoms with Crippen molar-refractivity contribution in [2.75, 3.05) is 11.9 Å². The number of benzene rings is 1. The van der Waals surface area contributed by atoms with Crippen LogP contribution in [-0.4, -0.2) is 16.5 Å². The molecule has 0 spiro atoms. The van der Waals surface area contributed by atoms with Gasteiger partial charge < -0.3 is 10.1 Å². The zero-order valence-electron chi connectivity index (χ0n) is 7.73. The van der Waals surface area contributed by atoms with Crippen molar-refractivity contribution in [3.05, 3.63) is 33.9 Å². The standard InChI is InChI=1S/C9H8N2O3S/c12-11(13)7-1-2-8-6(3-7)4-14-5-9(15)10-8/h1-3H,4-5H2,(H,10,15). The third-order valence-electron chi connectivity index (χ3n) is 2.06. The minimum Gasteiger partial charge on any atom is -0.370 e. The fourth-order valence-corrected chi connectivity index (χ4v) is 1.57. The molecule has 1 aliphatic heterocycles. The number of fused-ring (bicyclic) bond motifs is 1. The van der Waals surface area contributed by atoms with Gasteiger partial charge in [-0.1, -0.05) is 12.2 Å². The van der Waals surface area contributed by atoms with Gasteiger partial charge in [-0.3, -0.25) is 10.1 Å². The van der Waals surface area contributed by atoms with Crippen LogP contribution in [0.1, 0.15) is 5.56 Å². The molecule has 5 nitrogen and oxygen atoms in total. The molecule has 1 heterocycles. The Kier molecular flexibility index (Phi) is 2.61. The van der Waals surface area contributed by atoms with E-state index in [1.807, 2.05) is 0 Å². The van der Waals surface area contributed by atoms with E-state index in [1.165, 1.54) is 12.1 Å². The van der Waals surface area contributed by atoms with Gasteiger partial charge in [0.25, 0.3) is 5.69 Å². The van der Waals surface area contributed by atoms with Crippen molar-refractivity contribution >= 4 is 28.6 Å². The third-order valence-corrected chi connectivity index (χ3v) is 2.28. The molecule has 0 amide bonds. The SMILES string of the molecule is O=[N+]([O-])c1ccc2c(c1)COCC(=S)N2. The fraction of sp³-hybridized carbons (Fsp3) is 0.222. The number of hydrogen-bond acceptors (Lipinski definition) is 4. The van der Waals surface area contributed by atoms with Crippen molar-refractivity contribution in [1.82, 2.24) is 0 Å². The smallest absolute Gasteiger partial charge is 0.269 e. The normalized spacial score (nSPS) is 15.1. The number of hydrogen-bond donors (Lipinski definition) is 1. The Morgan fingerprint density at radius 2 is 2.27 bits per heavy atom. The number of nitrogens with one attached hydrogen (secondary N) is 1. The number of nitro groups is 1. The summed E-state index contributed by atoms with van der Waals surface area (Å²) in [6, 6.07) is 4.59. The van der Waals surface area contributed by atoms with Crippen LogP contribution in [0.25, 0.3) is 0 Å². The lowest BCUT2D eigenvalue weighted by Gasteiger charge is -2.05. The third kappa shape index (κ3) is 2.11.